The number of nitro groups is 1. The fourth-order valence-corrected chi connectivity index (χ4v) is 4.01. The van der Waals surface area contributed by atoms with Gasteiger partial charge in [-0.05, 0) is 55.6 Å². The fraction of sp³-hybridized carbons (Fsp3) is 0.417. The summed E-state index contributed by atoms with van der Waals surface area (Å²) in [5.41, 5.74) is 7.55. The zero-order chi connectivity index (χ0) is 22.9. The number of nitrogens with two attached hydrogens (primary N) is 1. The van der Waals surface area contributed by atoms with Crippen LogP contribution < -0.4 is 11.1 Å². The second-order valence-electron chi connectivity index (χ2n) is 8.19. The van der Waals surface area contributed by atoms with Gasteiger partial charge in [0.05, 0.1) is 4.92 Å². The summed E-state index contributed by atoms with van der Waals surface area (Å²) in [6.07, 6.45) is 6.13. The Balaban J connectivity index is 1.61. The highest BCUT2D eigenvalue weighted by molar-refractivity contribution is 6.04. The molecule has 8 nitrogen and oxygen atoms in total. The van der Waals surface area contributed by atoms with E-state index in [-0.39, 0.29) is 23.4 Å². The van der Waals surface area contributed by atoms with Crippen LogP contribution in [0.1, 0.15) is 54.4 Å². The number of carbonyl (C=O) groups is 2. The quantitative estimate of drug-likeness (QED) is 0.451. The largest absolute Gasteiger partial charge is 0.338 e. The van der Waals surface area contributed by atoms with Crippen molar-refractivity contribution >= 4 is 23.2 Å². The first-order valence-electron chi connectivity index (χ1n) is 11.1. The van der Waals surface area contributed by atoms with Gasteiger partial charge in [0.1, 0.15) is 0 Å². The van der Waals surface area contributed by atoms with Crippen LogP contribution >= 0.6 is 0 Å². The van der Waals surface area contributed by atoms with Crippen LogP contribution in [0.15, 0.2) is 48.5 Å². The number of rotatable bonds is 9. The molecule has 0 heterocycles. The number of benzene rings is 2. The number of hydrogen-bond donors (Lipinski definition) is 2. The van der Waals surface area contributed by atoms with E-state index in [0.717, 1.165) is 37.7 Å². The maximum Gasteiger partial charge on any atom is 0.269 e. The molecule has 0 saturated heterocycles. The van der Waals surface area contributed by atoms with Crippen molar-refractivity contribution in [2.75, 3.05) is 18.4 Å². The molecule has 32 heavy (non-hydrogen) atoms. The van der Waals surface area contributed by atoms with Gasteiger partial charge in [-0.15, -0.1) is 0 Å². The van der Waals surface area contributed by atoms with Gasteiger partial charge in [-0.1, -0.05) is 31.4 Å². The highest BCUT2D eigenvalue weighted by Crippen LogP contribution is 2.26. The first-order chi connectivity index (χ1) is 15.5. The molecule has 0 radical (unpaired) electrons. The summed E-state index contributed by atoms with van der Waals surface area (Å²) < 4.78 is 0. The molecular weight excluding hydrogens is 408 g/mol. The Hall–Kier alpha value is -3.26. The third-order valence-electron chi connectivity index (χ3n) is 5.82. The molecule has 0 atom stereocenters. The Morgan fingerprint density at radius 1 is 1.03 bits per heavy atom. The number of nitrogens with zero attached hydrogens (tertiary/aromatic N) is 2. The van der Waals surface area contributed by atoms with E-state index in [0.29, 0.717) is 30.9 Å². The predicted octanol–water partition coefficient (Wildman–Crippen LogP) is 4.10. The van der Waals surface area contributed by atoms with Crippen molar-refractivity contribution in [2.24, 2.45) is 11.7 Å². The SMILES string of the molecule is NCCCN(Cc1ccc(NC(=O)c2ccc([N+](=O)[O-])cc2)cc1)C(=O)C1CCCCC1. The summed E-state index contributed by atoms with van der Waals surface area (Å²) in [5.74, 6) is -0.0137. The van der Waals surface area contributed by atoms with E-state index < -0.39 is 4.92 Å². The Kier molecular flexibility index (Phi) is 8.33. The van der Waals surface area contributed by atoms with E-state index in [1.54, 1.807) is 12.1 Å². The van der Waals surface area contributed by atoms with Gasteiger partial charge in [-0.3, -0.25) is 19.7 Å². The highest BCUT2D eigenvalue weighted by atomic mass is 16.6. The average Bonchev–Trinajstić information content (AvgIpc) is 2.83. The summed E-state index contributed by atoms with van der Waals surface area (Å²) >= 11 is 0. The van der Waals surface area contributed by atoms with Gasteiger partial charge in [0, 0.05) is 42.4 Å². The normalized spacial score (nSPS) is 14.0. The molecule has 1 aliphatic carbocycles. The molecule has 0 bridgehead atoms. The summed E-state index contributed by atoms with van der Waals surface area (Å²) in [6.45, 7) is 1.71. The van der Waals surface area contributed by atoms with E-state index in [2.05, 4.69) is 5.32 Å². The Bertz CT molecular complexity index is 922. The van der Waals surface area contributed by atoms with Gasteiger partial charge < -0.3 is 16.0 Å². The van der Waals surface area contributed by atoms with Gasteiger partial charge in [0.25, 0.3) is 11.6 Å². The smallest absolute Gasteiger partial charge is 0.269 e. The van der Waals surface area contributed by atoms with Crippen molar-refractivity contribution < 1.29 is 14.5 Å². The van der Waals surface area contributed by atoms with Crippen molar-refractivity contribution in [2.45, 2.75) is 45.1 Å². The van der Waals surface area contributed by atoms with Crippen LogP contribution in [0.5, 0.6) is 0 Å². The minimum Gasteiger partial charge on any atom is -0.338 e. The van der Waals surface area contributed by atoms with Crippen LogP contribution in [0.4, 0.5) is 11.4 Å². The van der Waals surface area contributed by atoms with Crippen molar-refractivity contribution in [3.8, 4) is 0 Å². The zero-order valence-electron chi connectivity index (χ0n) is 18.2. The van der Waals surface area contributed by atoms with Crippen molar-refractivity contribution in [3.05, 3.63) is 69.8 Å². The van der Waals surface area contributed by atoms with Crippen molar-refractivity contribution in [3.63, 3.8) is 0 Å². The lowest BCUT2D eigenvalue weighted by Crippen LogP contribution is -2.37. The van der Waals surface area contributed by atoms with Gasteiger partial charge in [-0.25, -0.2) is 0 Å². The number of hydrogen-bond acceptors (Lipinski definition) is 5. The van der Waals surface area contributed by atoms with Crippen LogP contribution in [0.3, 0.4) is 0 Å². The minimum absolute atomic E-state index is 0.0622. The van der Waals surface area contributed by atoms with Crippen LogP contribution in [-0.2, 0) is 11.3 Å². The molecule has 170 valence electrons. The van der Waals surface area contributed by atoms with Crippen LogP contribution in [-0.4, -0.2) is 34.7 Å². The molecular formula is C24H30N4O4. The Labute approximate surface area is 187 Å². The molecule has 3 rings (SSSR count). The monoisotopic (exact) mass is 438 g/mol. The molecule has 2 aromatic rings. The van der Waals surface area contributed by atoms with Crippen LogP contribution in [0.2, 0.25) is 0 Å². The second kappa shape index (κ2) is 11.4. The molecule has 0 spiro atoms. The zero-order valence-corrected chi connectivity index (χ0v) is 18.2. The van der Waals surface area contributed by atoms with E-state index in [9.17, 15) is 19.7 Å². The fourth-order valence-electron chi connectivity index (χ4n) is 4.01. The number of amides is 2. The number of nitrogens with one attached hydrogen (secondary N) is 1. The summed E-state index contributed by atoms with van der Waals surface area (Å²) in [6, 6.07) is 12.8. The molecule has 0 aliphatic heterocycles. The predicted molar refractivity (Wildman–Crippen MR) is 123 cm³/mol. The molecule has 1 saturated carbocycles. The van der Waals surface area contributed by atoms with E-state index in [1.165, 1.54) is 30.7 Å². The lowest BCUT2D eigenvalue weighted by molar-refractivity contribution is -0.384. The third-order valence-corrected chi connectivity index (χ3v) is 5.82. The maximum absolute atomic E-state index is 13.0. The molecule has 0 unspecified atom stereocenters. The van der Waals surface area contributed by atoms with E-state index in [1.807, 2.05) is 17.0 Å². The van der Waals surface area contributed by atoms with Crippen molar-refractivity contribution in [1.29, 1.82) is 0 Å². The number of non-ortho nitro benzene ring substituents is 1. The molecule has 2 amide bonds. The van der Waals surface area contributed by atoms with Gasteiger partial charge >= 0.3 is 0 Å². The van der Waals surface area contributed by atoms with Crippen LogP contribution in [0.25, 0.3) is 0 Å². The number of anilines is 1. The summed E-state index contributed by atoms with van der Waals surface area (Å²) in [5, 5.41) is 13.5. The molecule has 1 fully saturated rings. The molecule has 8 heteroatoms. The van der Waals surface area contributed by atoms with Crippen molar-refractivity contribution in [1.82, 2.24) is 4.90 Å². The third kappa shape index (κ3) is 6.37. The standard InChI is InChI=1S/C24H30N4O4/c25-15-4-16-27(24(30)20-5-2-1-3-6-20)17-18-7-11-21(12-8-18)26-23(29)19-9-13-22(14-10-19)28(31)32/h7-14,20H,1-6,15-17,25H2,(H,26,29). The second-order valence-corrected chi connectivity index (χ2v) is 8.19. The van der Waals surface area contributed by atoms with E-state index in [4.69, 9.17) is 5.73 Å². The summed E-state index contributed by atoms with van der Waals surface area (Å²) in [7, 11) is 0. The first kappa shape index (κ1) is 23.4. The van der Waals surface area contributed by atoms with Gasteiger partial charge in [0.2, 0.25) is 5.91 Å². The van der Waals surface area contributed by atoms with Crippen LogP contribution in [0, 0.1) is 16.0 Å². The number of carbonyl (C=O) groups excluding carboxylic acids is 2. The lowest BCUT2D eigenvalue weighted by Gasteiger charge is -2.29. The first-order valence-corrected chi connectivity index (χ1v) is 11.1. The molecule has 0 aromatic heterocycles. The maximum atomic E-state index is 13.0. The minimum atomic E-state index is -0.504. The Morgan fingerprint density at radius 3 is 2.28 bits per heavy atom. The molecule has 3 N–H and O–H groups in total. The number of nitro benzene ring substituents is 1. The van der Waals surface area contributed by atoms with Gasteiger partial charge in [0.15, 0.2) is 0 Å². The highest BCUT2D eigenvalue weighted by Gasteiger charge is 2.25. The molecule has 2 aromatic carbocycles. The summed E-state index contributed by atoms with van der Waals surface area (Å²) in [4.78, 5) is 37.6. The average molecular weight is 439 g/mol. The van der Waals surface area contributed by atoms with E-state index >= 15 is 0 Å². The Morgan fingerprint density at radius 2 is 1.69 bits per heavy atom. The lowest BCUT2D eigenvalue weighted by atomic mass is 9.88. The van der Waals surface area contributed by atoms with Gasteiger partial charge in [-0.2, -0.15) is 0 Å². The molecule has 1 aliphatic rings. The topological polar surface area (TPSA) is 119 Å².